The van der Waals surface area contributed by atoms with Crippen molar-refractivity contribution in [2.75, 3.05) is 11.1 Å². The lowest BCUT2D eigenvalue weighted by Crippen LogP contribution is -2.09. The van der Waals surface area contributed by atoms with Gasteiger partial charge in [-0.15, -0.1) is 0 Å². The monoisotopic (exact) mass is 447 g/mol. The van der Waals surface area contributed by atoms with Gasteiger partial charge in [0.15, 0.2) is 0 Å². The first-order valence-corrected chi connectivity index (χ1v) is 11.2. The third-order valence-electron chi connectivity index (χ3n) is 4.95. The highest BCUT2D eigenvalue weighted by atomic mass is 32.2. The SMILES string of the molecule is Cc1[nH]ncc1-c1ccc(S(=O)(=O)c2[nH]ccc2/C=C/C(=O)Nc2ccccc2N)cc1. The quantitative estimate of drug-likeness (QED) is 0.264. The van der Waals surface area contributed by atoms with Gasteiger partial charge in [0.05, 0.1) is 22.5 Å². The molecule has 0 aliphatic heterocycles. The zero-order chi connectivity index (χ0) is 22.7. The third kappa shape index (κ3) is 4.19. The van der Waals surface area contributed by atoms with Crippen LogP contribution < -0.4 is 11.1 Å². The van der Waals surface area contributed by atoms with Crippen LogP contribution in [0.3, 0.4) is 0 Å². The maximum atomic E-state index is 13.2. The molecule has 0 saturated heterocycles. The summed E-state index contributed by atoms with van der Waals surface area (Å²) < 4.78 is 26.3. The number of nitrogens with one attached hydrogen (secondary N) is 3. The number of rotatable bonds is 6. The number of H-pyrrole nitrogens is 2. The highest BCUT2D eigenvalue weighted by Gasteiger charge is 2.22. The molecule has 0 radical (unpaired) electrons. The first-order valence-electron chi connectivity index (χ1n) is 9.72. The van der Waals surface area contributed by atoms with Gasteiger partial charge in [0.1, 0.15) is 5.03 Å². The van der Waals surface area contributed by atoms with E-state index in [1.54, 1.807) is 60.8 Å². The number of aryl methyl sites for hydroxylation is 1. The van der Waals surface area contributed by atoms with Crippen molar-refractivity contribution < 1.29 is 13.2 Å². The minimum absolute atomic E-state index is 0.00742. The van der Waals surface area contributed by atoms with Crippen LogP contribution >= 0.6 is 0 Å². The lowest BCUT2D eigenvalue weighted by molar-refractivity contribution is -0.111. The summed E-state index contributed by atoms with van der Waals surface area (Å²) in [7, 11) is -3.82. The molecule has 4 rings (SSSR count). The Morgan fingerprint density at radius 2 is 1.84 bits per heavy atom. The molecule has 8 nitrogen and oxygen atoms in total. The smallest absolute Gasteiger partial charge is 0.248 e. The molecule has 0 aliphatic rings. The summed E-state index contributed by atoms with van der Waals surface area (Å²) in [4.78, 5) is 15.2. The van der Waals surface area contributed by atoms with Crippen LogP contribution in [0.2, 0.25) is 0 Å². The van der Waals surface area contributed by atoms with E-state index in [9.17, 15) is 13.2 Å². The summed E-state index contributed by atoms with van der Waals surface area (Å²) in [6, 6.07) is 15.1. The lowest BCUT2D eigenvalue weighted by atomic mass is 10.1. The summed E-state index contributed by atoms with van der Waals surface area (Å²) in [5, 5.41) is 9.53. The maximum absolute atomic E-state index is 13.2. The first kappa shape index (κ1) is 21.1. The van der Waals surface area contributed by atoms with Crippen molar-refractivity contribution in [2.24, 2.45) is 0 Å². The molecule has 0 aliphatic carbocycles. The number of anilines is 2. The van der Waals surface area contributed by atoms with Crippen molar-refractivity contribution in [3.05, 3.63) is 84.3 Å². The number of benzene rings is 2. The summed E-state index contributed by atoms with van der Waals surface area (Å²) in [6.45, 7) is 1.90. The lowest BCUT2D eigenvalue weighted by Gasteiger charge is -2.07. The molecule has 9 heteroatoms. The fourth-order valence-electron chi connectivity index (χ4n) is 3.25. The molecule has 4 aromatic rings. The van der Waals surface area contributed by atoms with Gasteiger partial charge in [0.25, 0.3) is 0 Å². The molecule has 2 heterocycles. The fraction of sp³-hybridized carbons (Fsp3) is 0.0435. The predicted octanol–water partition coefficient (Wildman–Crippen LogP) is 3.78. The number of nitrogens with two attached hydrogens (primary N) is 1. The largest absolute Gasteiger partial charge is 0.397 e. The number of sulfone groups is 1. The van der Waals surface area contributed by atoms with E-state index in [0.29, 0.717) is 16.9 Å². The van der Waals surface area contributed by atoms with Crippen LogP contribution in [-0.2, 0) is 14.6 Å². The van der Waals surface area contributed by atoms with Crippen LogP contribution in [0.25, 0.3) is 17.2 Å². The number of nitrogens with zero attached hydrogens (tertiary/aromatic N) is 1. The van der Waals surface area contributed by atoms with Crippen molar-refractivity contribution in [3.63, 3.8) is 0 Å². The van der Waals surface area contributed by atoms with Gasteiger partial charge in [-0.3, -0.25) is 9.89 Å². The van der Waals surface area contributed by atoms with Crippen LogP contribution in [0.15, 0.2) is 83.0 Å². The van der Waals surface area contributed by atoms with E-state index >= 15 is 0 Å². The molecule has 0 fully saturated rings. The Hall–Kier alpha value is -4.11. The second-order valence-corrected chi connectivity index (χ2v) is 8.99. The summed E-state index contributed by atoms with van der Waals surface area (Å²) in [5.41, 5.74) is 9.78. The molecular weight excluding hydrogens is 426 g/mol. The molecule has 162 valence electrons. The normalized spacial score (nSPS) is 11.7. The molecule has 0 spiro atoms. The minimum atomic E-state index is -3.82. The van der Waals surface area contributed by atoms with Gasteiger partial charge in [-0.05, 0) is 48.9 Å². The van der Waals surface area contributed by atoms with E-state index in [-0.39, 0.29) is 9.92 Å². The number of para-hydroxylation sites is 2. The van der Waals surface area contributed by atoms with E-state index in [2.05, 4.69) is 20.5 Å². The highest BCUT2D eigenvalue weighted by Crippen LogP contribution is 2.27. The second-order valence-electron chi connectivity index (χ2n) is 7.11. The Balaban J connectivity index is 1.55. The van der Waals surface area contributed by atoms with E-state index in [4.69, 9.17) is 5.73 Å². The summed E-state index contributed by atoms with van der Waals surface area (Å²) in [5.74, 6) is -0.424. The van der Waals surface area contributed by atoms with E-state index in [1.165, 1.54) is 18.3 Å². The molecule has 2 aromatic carbocycles. The Kier molecular flexibility index (Phi) is 5.65. The standard InChI is InChI=1S/C23H21N5O3S/c1-15-19(14-26-28-15)16-6-9-18(10-7-16)32(30,31)23-17(12-13-25-23)8-11-22(29)27-21-5-3-2-4-20(21)24/h2-14,25H,24H2,1H3,(H,26,28)(H,27,29)/b11-8+. The van der Waals surface area contributed by atoms with Gasteiger partial charge < -0.3 is 16.0 Å². The highest BCUT2D eigenvalue weighted by molar-refractivity contribution is 7.91. The second kappa shape index (κ2) is 8.56. The molecule has 5 N–H and O–H groups in total. The number of hydrogen-bond acceptors (Lipinski definition) is 5. The Labute approximate surface area is 185 Å². The van der Waals surface area contributed by atoms with Gasteiger partial charge in [-0.2, -0.15) is 5.10 Å². The maximum Gasteiger partial charge on any atom is 0.248 e. The summed E-state index contributed by atoms with van der Waals surface area (Å²) >= 11 is 0. The predicted molar refractivity (Wildman–Crippen MR) is 124 cm³/mol. The number of carbonyl (C=O) groups excluding carboxylic acids is 1. The fourth-order valence-corrected chi connectivity index (χ4v) is 4.65. The van der Waals surface area contributed by atoms with Crippen molar-refractivity contribution in [3.8, 4) is 11.1 Å². The molecule has 0 atom stereocenters. The zero-order valence-electron chi connectivity index (χ0n) is 17.2. The molecule has 32 heavy (non-hydrogen) atoms. The number of nitrogen functional groups attached to an aromatic ring is 1. The Bertz CT molecular complexity index is 1400. The molecule has 0 saturated carbocycles. The number of carbonyl (C=O) groups is 1. The zero-order valence-corrected chi connectivity index (χ0v) is 18.0. The Morgan fingerprint density at radius 3 is 2.53 bits per heavy atom. The molecule has 0 bridgehead atoms. The van der Waals surface area contributed by atoms with Crippen molar-refractivity contribution in [2.45, 2.75) is 16.8 Å². The van der Waals surface area contributed by atoms with Gasteiger partial charge >= 0.3 is 0 Å². The number of hydrogen-bond donors (Lipinski definition) is 4. The van der Waals surface area contributed by atoms with Gasteiger partial charge in [0.2, 0.25) is 15.7 Å². The minimum Gasteiger partial charge on any atom is -0.397 e. The van der Waals surface area contributed by atoms with Gasteiger partial charge in [-0.25, -0.2) is 8.42 Å². The molecular formula is C23H21N5O3S. The van der Waals surface area contributed by atoms with Gasteiger partial charge in [-0.1, -0.05) is 24.3 Å². The molecule has 2 aromatic heterocycles. The van der Waals surface area contributed by atoms with E-state index in [0.717, 1.165) is 16.8 Å². The van der Waals surface area contributed by atoms with Crippen LogP contribution in [0.4, 0.5) is 11.4 Å². The van der Waals surface area contributed by atoms with Crippen molar-refractivity contribution >= 4 is 33.2 Å². The van der Waals surface area contributed by atoms with Crippen LogP contribution in [0.5, 0.6) is 0 Å². The van der Waals surface area contributed by atoms with E-state index in [1.807, 2.05) is 6.92 Å². The third-order valence-corrected chi connectivity index (χ3v) is 6.73. The first-order chi connectivity index (χ1) is 15.4. The van der Waals surface area contributed by atoms with Crippen molar-refractivity contribution in [1.29, 1.82) is 0 Å². The Morgan fingerprint density at radius 1 is 1.09 bits per heavy atom. The van der Waals surface area contributed by atoms with E-state index < -0.39 is 15.7 Å². The van der Waals surface area contributed by atoms with Gasteiger partial charge in [0, 0.05) is 29.1 Å². The number of aromatic amines is 2. The van der Waals surface area contributed by atoms with Crippen LogP contribution in [0.1, 0.15) is 11.3 Å². The summed E-state index contributed by atoms with van der Waals surface area (Å²) in [6.07, 6.45) is 5.92. The van der Waals surface area contributed by atoms with Crippen LogP contribution in [-0.4, -0.2) is 29.5 Å². The molecule has 0 unspecified atom stereocenters. The van der Waals surface area contributed by atoms with Crippen molar-refractivity contribution in [1.82, 2.24) is 15.2 Å². The molecule has 1 amide bonds. The average Bonchev–Trinajstić information content (AvgIpc) is 3.43. The topological polar surface area (TPSA) is 134 Å². The average molecular weight is 448 g/mol. The van der Waals surface area contributed by atoms with Crippen LogP contribution in [0, 0.1) is 6.92 Å². The number of aromatic nitrogens is 3. The number of amides is 1.